The number of benzene rings is 1. The van der Waals surface area contributed by atoms with Crippen molar-refractivity contribution in [3.8, 4) is 11.3 Å². The lowest BCUT2D eigenvalue weighted by Crippen LogP contribution is -2.09. The van der Waals surface area contributed by atoms with Gasteiger partial charge in [-0.3, -0.25) is 4.68 Å². The number of hydrogen-bond donors (Lipinski definition) is 1. The third-order valence-corrected chi connectivity index (χ3v) is 3.39. The van der Waals surface area contributed by atoms with Crippen molar-refractivity contribution < 1.29 is 9.90 Å². The molecule has 0 unspecified atom stereocenters. The summed E-state index contributed by atoms with van der Waals surface area (Å²) < 4.78 is 1.49. The summed E-state index contributed by atoms with van der Waals surface area (Å²) in [5.41, 5.74) is 1.49. The fourth-order valence-electron chi connectivity index (χ4n) is 1.77. The van der Waals surface area contributed by atoms with E-state index in [1.165, 1.54) is 10.7 Å². The standard InChI is InChI=1S/C13H12Cl2N2O2/c1-2-5-17-12(13(18)19)7-11(16-17)8-3-4-9(14)10(15)6-8/h3-4,6-7H,2,5H2,1H3,(H,18,19). The van der Waals surface area contributed by atoms with Crippen LogP contribution in [0, 0.1) is 0 Å². The monoisotopic (exact) mass is 298 g/mol. The first-order valence-corrected chi connectivity index (χ1v) is 6.55. The van der Waals surface area contributed by atoms with Crippen LogP contribution in [0.25, 0.3) is 11.3 Å². The van der Waals surface area contributed by atoms with Crippen LogP contribution in [-0.2, 0) is 6.54 Å². The molecule has 0 spiro atoms. The van der Waals surface area contributed by atoms with Gasteiger partial charge < -0.3 is 5.11 Å². The SMILES string of the molecule is CCCn1nc(-c2ccc(Cl)c(Cl)c2)cc1C(=O)O. The van der Waals surface area contributed by atoms with Crippen molar-refractivity contribution in [1.29, 1.82) is 0 Å². The highest BCUT2D eigenvalue weighted by Gasteiger charge is 2.15. The van der Waals surface area contributed by atoms with Gasteiger partial charge in [-0.15, -0.1) is 0 Å². The van der Waals surface area contributed by atoms with Crippen LogP contribution in [0.4, 0.5) is 0 Å². The maximum absolute atomic E-state index is 11.2. The summed E-state index contributed by atoms with van der Waals surface area (Å²) >= 11 is 11.8. The molecular formula is C13H12Cl2N2O2. The minimum Gasteiger partial charge on any atom is -0.477 e. The van der Waals surface area contributed by atoms with E-state index in [2.05, 4.69) is 5.10 Å². The highest BCUT2D eigenvalue weighted by atomic mass is 35.5. The second-order valence-electron chi connectivity index (χ2n) is 4.07. The van der Waals surface area contributed by atoms with Gasteiger partial charge in [0.2, 0.25) is 0 Å². The van der Waals surface area contributed by atoms with E-state index in [-0.39, 0.29) is 5.69 Å². The van der Waals surface area contributed by atoms with Crippen molar-refractivity contribution in [1.82, 2.24) is 9.78 Å². The molecule has 100 valence electrons. The molecule has 0 amide bonds. The molecule has 1 heterocycles. The number of aromatic carboxylic acids is 1. The average Bonchev–Trinajstić information content (AvgIpc) is 2.77. The molecule has 0 bridgehead atoms. The van der Waals surface area contributed by atoms with Crippen LogP contribution in [0.15, 0.2) is 24.3 Å². The van der Waals surface area contributed by atoms with Gasteiger partial charge in [0.15, 0.2) is 0 Å². The van der Waals surface area contributed by atoms with E-state index < -0.39 is 5.97 Å². The van der Waals surface area contributed by atoms with Crippen molar-refractivity contribution in [3.63, 3.8) is 0 Å². The predicted molar refractivity (Wildman–Crippen MR) is 74.9 cm³/mol. The highest BCUT2D eigenvalue weighted by molar-refractivity contribution is 6.42. The van der Waals surface area contributed by atoms with Gasteiger partial charge in [-0.25, -0.2) is 4.79 Å². The number of aromatic nitrogens is 2. The molecule has 1 aromatic carbocycles. The Balaban J connectivity index is 2.47. The Bertz CT molecular complexity index is 623. The summed E-state index contributed by atoms with van der Waals surface area (Å²) in [5.74, 6) is -0.993. The maximum atomic E-state index is 11.2. The number of carbonyl (C=O) groups is 1. The van der Waals surface area contributed by atoms with Gasteiger partial charge >= 0.3 is 5.97 Å². The Kier molecular flexibility index (Phi) is 4.12. The first kappa shape index (κ1) is 13.9. The van der Waals surface area contributed by atoms with Gasteiger partial charge in [-0.2, -0.15) is 5.10 Å². The van der Waals surface area contributed by atoms with E-state index in [1.807, 2.05) is 6.92 Å². The zero-order chi connectivity index (χ0) is 14.0. The normalized spacial score (nSPS) is 10.7. The topological polar surface area (TPSA) is 55.1 Å². The van der Waals surface area contributed by atoms with E-state index in [1.54, 1.807) is 18.2 Å². The van der Waals surface area contributed by atoms with Crippen LogP contribution in [0.5, 0.6) is 0 Å². The Hall–Kier alpha value is -1.52. The van der Waals surface area contributed by atoms with E-state index in [9.17, 15) is 4.79 Å². The summed E-state index contributed by atoms with van der Waals surface area (Å²) in [6, 6.07) is 6.64. The summed E-state index contributed by atoms with van der Waals surface area (Å²) in [7, 11) is 0. The summed E-state index contributed by atoms with van der Waals surface area (Å²) in [4.78, 5) is 11.2. The zero-order valence-electron chi connectivity index (χ0n) is 10.2. The molecule has 1 N–H and O–H groups in total. The van der Waals surface area contributed by atoms with Crippen molar-refractivity contribution in [2.24, 2.45) is 0 Å². The third-order valence-electron chi connectivity index (χ3n) is 2.65. The maximum Gasteiger partial charge on any atom is 0.354 e. The first-order valence-electron chi connectivity index (χ1n) is 5.79. The average molecular weight is 299 g/mol. The zero-order valence-corrected chi connectivity index (χ0v) is 11.7. The molecule has 0 atom stereocenters. The number of hydrogen-bond acceptors (Lipinski definition) is 2. The lowest BCUT2D eigenvalue weighted by molar-refractivity contribution is 0.0683. The van der Waals surface area contributed by atoms with Gasteiger partial charge in [-0.1, -0.05) is 36.2 Å². The van der Waals surface area contributed by atoms with Crippen LogP contribution in [-0.4, -0.2) is 20.9 Å². The second-order valence-corrected chi connectivity index (χ2v) is 4.89. The van der Waals surface area contributed by atoms with Crippen LogP contribution in [0.3, 0.4) is 0 Å². The third kappa shape index (κ3) is 2.91. The van der Waals surface area contributed by atoms with Crippen LogP contribution in [0.1, 0.15) is 23.8 Å². The molecule has 0 saturated carbocycles. The van der Waals surface area contributed by atoms with Gasteiger partial charge in [0, 0.05) is 12.1 Å². The Labute approximate surface area is 120 Å². The highest BCUT2D eigenvalue weighted by Crippen LogP contribution is 2.28. The van der Waals surface area contributed by atoms with Gasteiger partial charge in [0.1, 0.15) is 5.69 Å². The quantitative estimate of drug-likeness (QED) is 0.929. The number of rotatable bonds is 4. The lowest BCUT2D eigenvalue weighted by atomic mass is 10.1. The second kappa shape index (κ2) is 5.63. The number of carboxylic acids is 1. The Morgan fingerprint density at radius 2 is 2.05 bits per heavy atom. The minimum atomic E-state index is -0.993. The van der Waals surface area contributed by atoms with Crippen LogP contribution in [0.2, 0.25) is 10.0 Å². The number of aryl methyl sites for hydroxylation is 1. The van der Waals surface area contributed by atoms with Crippen molar-refractivity contribution in [2.45, 2.75) is 19.9 Å². The van der Waals surface area contributed by atoms with E-state index >= 15 is 0 Å². The molecular weight excluding hydrogens is 287 g/mol. The molecule has 19 heavy (non-hydrogen) atoms. The van der Waals surface area contributed by atoms with Crippen LogP contribution >= 0.6 is 23.2 Å². The number of halogens is 2. The molecule has 2 rings (SSSR count). The van der Waals surface area contributed by atoms with Crippen molar-refractivity contribution in [3.05, 3.63) is 40.0 Å². The van der Waals surface area contributed by atoms with Crippen molar-refractivity contribution in [2.75, 3.05) is 0 Å². The molecule has 0 aliphatic heterocycles. The molecule has 0 radical (unpaired) electrons. The van der Waals surface area contributed by atoms with Gasteiger partial charge in [0.05, 0.1) is 15.7 Å². The molecule has 2 aromatic rings. The molecule has 0 aliphatic rings. The van der Waals surface area contributed by atoms with Crippen molar-refractivity contribution >= 4 is 29.2 Å². The predicted octanol–water partition coefficient (Wildman–Crippen LogP) is 3.97. The molecule has 4 nitrogen and oxygen atoms in total. The van der Waals surface area contributed by atoms with Crippen LogP contribution < -0.4 is 0 Å². The molecule has 0 saturated heterocycles. The largest absolute Gasteiger partial charge is 0.477 e. The number of carboxylic acid groups (broad SMARTS) is 1. The minimum absolute atomic E-state index is 0.169. The number of nitrogens with zero attached hydrogens (tertiary/aromatic N) is 2. The van der Waals surface area contributed by atoms with Gasteiger partial charge in [-0.05, 0) is 24.6 Å². The Morgan fingerprint density at radius 3 is 2.63 bits per heavy atom. The molecule has 0 aliphatic carbocycles. The molecule has 1 aromatic heterocycles. The summed E-state index contributed by atoms with van der Waals surface area (Å²) in [5, 5.41) is 14.3. The Morgan fingerprint density at radius 1 is 1.32 bits per heavy atom. The van der Waals surface area contributed by atoms with Gasteiger partial charge in [0.25, 0.3) is 0 Å². The fourth-order valence-corrected chi connectivity index (χ4v) is 2.07. The van der Waals surface area contributed by atoms with E-state index in [4.69, 9.17) is 28.3 Å². The molecule has 0 fully saturated rings. The fraction of sp³-hybridized carbons (Fsp3) is 0.231. The lowest BCUT2D eigenvalue weighted by Gasteiger charge is -2.01. The smallest absolute Gasteiger partial charge is 0.354 e. The molecule has 6 heteroatoms. The van der Waals surface area contributed by atoms with E-state index in [0.717, 1.165) is 12.0 Å². The summed E-state index contributed by atoms with van der Waals surface area (Å²) in [6.07, 6.45) is 0.808. The first-order chi connectivity index (χ1) is 9.02. The van der Waals surface area contributed by atoms with E-state index in [0.29, 0.717) is 22.3 Å². The summed E-state index contributed by atoms with van der Waals surface area (Å²) in [6.45, 7) is 2.52.